The number of benzene rings is 2. The number of methoxy groups -OCH3 is 1. The number of thiocarbonyl (C=S) groups is 1. The average Bonchev–Trinajstić information content (AvgIpc) is 2.75. The first kappa shape index (κ1) is 24.3. The summed E-state index contributed by atoms with van der Waals surface area (Å²) in [6.45, 7) is 5.69. The third kappa shape index (κ3) is 8.35. The van der Waals surface area contributed by atoms with E-state index in [1.54, 1.807) is 49.6 Å². The molecular formula is C23H29N3O4S. The van der Waals surface area contributed by atoms with Gasteiger partial charge in [-0.15, -0.1) is 0 Å². The van der Waals surface area contributed by atoms with Gasteiger partial charge in [0.05, 0.1) is 12.2 Å². The van der Waals surface area contributed by atoms with Gasteiger partial charge in [-0.3, -0.25) is 14.9 Å². The lowest BCUT2D eigenvalue weighted by molar-refractivity contribution is 0.0945. The fourth-order valence-corrected chi connectivity index (χ4v) is 2.84. The summed E-state index contributed by atoms with van der Waals surface area (Å²) in [4.78, 5) is 24.9. The molecule has 0 spiro atoms. The van der Waals surface area contributed by atoms with Gasteiger partial charge < -0.3 is 20.1 Å². The highest BCUT2D eigenvalue weighted by Gasteiger charge is 2.14. The Morgan fingerprint density at radius 1 is 1.06 bits per heavy atom. The molecule has 3 N–H and O–H groups in total. The van der Waals surface area contributed by atoms with E-state index in [0.717, 1.165) is 6.42 Å². The number of nitrogens with one attached hydrogen (secondary N) is 3. The molecule has 2 aromatic rings. The van der Waals surface area contributed by atoms with Crippen LogP contribution in [0.4, 0.5) is 5.69 Å². The van der Waals surface area contributed by atoms with Crippen LogP contribution in [0.15, 0.2) is 48.5 Å². The largest absolute Gasteiger partial charge is 0.492 e. The molecule has 7 nitrogen and oxygen atoms in total. The van der Waals surface area contributed by atoms with Crippen LogP contribution in [0.25, 0.3) is 0 Å². The lowest BCUT2D eigenvalue weighted by Crippen LogP contribution is -2.34. The fraction of sp³-hybridized carbons (Fsp3) is 0.348. The second-order valence-corrected chi connectivity index (χ2v) is 7.70. The quantitative estimate of drug-likeness (QED) is 0.384. The standard InChI is InChI=1S/C23H29N3O4S/c1-16(2)15-30-20-11-5-4-10-19(20)22(28)26-23(31)25-18-9-6-8-17(14-18)21(27)24-12-7-13-29-3/h4-6,8-11,14,16H,7,12-13,15H2,1-3H3,(H,24,27)(H2,25,26,28,31). The lowest BCUT2D eigenvalue weighted by atomic mass is 10.2. The number of para-hydroxylation sites is 1. The highest BCUT2D eigenvalue weighted by atomic mass is 32.1. The molecule has 0 unspecified atom stereocenters. The third-order valence-corrected chi connectivity index (χ3v) is 4.33. The molecule has 2 aromatic carbocycles. The molecule has 8 heteroatoms. The van der Waals surface area contributed by atoms with Gasteiger partial charge in [0.15, 0.2) is 5.11 Å². The van der Waals surface area contributed by atoms with Gasteiger partial charge in [0.2, 0.25) is 0 Å². The summed E-state index contributed by atoms with van der Waals surface area (Å²) in [6, 6.07) is 13.9. The first-order valence-corrected chi connectivity index (χ1v) is 10.5. The number of carbonyl (C=O) groups is 2. The van der Waals surface area contributed by atoms with Crippen molar-refractivity contribution in [3.8, 4) is 5.75 Å². The van der Waals surface area contributed by atoms with Crippen molar-refractivity contribution in [2.24, 2.45) is 5.92 Å². The van der Waals surface area contributed by atoms with Gasteiger partial charge in [0.25, 0.3) is 11.8 Å². The van der Waals surface area contributed by atoms with Crippen LogP contribution in [0.2, 0.25) is 0 Å². The van der Waals surface area contributed by atoms with Gasteiger partial charge in [-0.1, -0.05) is 32.0 Å². The first-order valence-electron chi connectivity index (χ1n) is 10.1. The molecule has 0 bridgehead atoms. The van der Waals surface area contributed by atoms with Crippen molar-refractivity contribution in [2.45, 2.75) is 20.3 Å². The summed E-state index contributed by atoms with van der Waals surface area (Å²) in [5, 5.41) is 8.56. The molecule has 2 amide bonds. The molecule has 2 rings (SSSR count). The maximum absolute atomic E-state index is 12.7. The van der Waals surface area contributed by atoms with Crippen molar-refractivity contribution < 1.29 is 19.1 Å². The molecule has 166 valence electrons. The van der Waals surface area contributed by atoms with E-state index >= 15 is 0 Å². The predicted octanol–water partition coefficient (Wildman–Crippen LogP) is 3.61. The lowest BCUT2D eigenvalue weighted by Gasteiger charge is -2.14. The third-order valence-electron chi connectivity index (χ3n) is 4.12. The van der Waals surface area contributed by atoms with E-state index in [2.05, 4.69) is 16.0 Å². The highest BCUT2D eigenvalue weighted by molar-refractivity contribution is 7.80. The van der Waals surface area contributed by atoms with Crippen molar-refractivity contribution >= 4 is 34.8 Å². The summed E-state index contributed by atoms with van der Waals surface area (Å²) >= 11 is 5.27. The van der Waals surface area contributed by atoms with Crippen LogP contribution in [0.3, 0.4) is 0 Å². The Morgan fingerprint density at radius 2 is 1.84 bits per heavy atom. The number of carbonyl (C=O) groups excluding carboxylic acids is 2. The number of anilines is 1. The molecule has 0 saturated carbocycles. The zero-order valence-corrected chi connectivity index (χ0v) is 18.9. The summed E-state index contributed by atoms with van der Waals surface area (Å²) in [7, 11) is 1.62. The molecule has 0 saturated heterocycles. The average molecular weight is 444 g/mol. The van der Waals surface area contributed by atoms with E-state index in [4.69, 9.17) is 21.7 Å². The number of rotatable bonds is 10. The monoisotopic (exact) mass is 443 g/mol. The van der Waals surface area contributed by atoms with Crippen LogP contribution < -0.4 is 20.7 Å². The van der Waals surface area contributed by atoms with Crippen LogP contribution in [0, 0.1) is 5.92 Å². The van der Waals surface area contributed by atoms with E-state index in [-0.39, 0.29) is 16.9 Å². The van der Waals surface area contributed by atoms with Crippen molar-refractivity contribution in [2.75, 3.05) is 32.2 Å². The predicted molar refractivity (Wildman–Crippen MR) is 126 cm³/mol. The minimum Gasteiger partial charge on any atom is -0.492 e. The van der Waals surface area contributed by atoms with Crippen LogP contribution in [0.5, 0.6) is 5.75 Å². The second-order valence-electron chi connectivity index (χ2n) is 7.29. The van der Waals surface area contributed by atoms with E-state index in [9.17, 15) is 9.59 Å². The summed E-state index contributed by atoms with van der Waals surface area (Å²) in [5.41, 5.74) is 1.49. The summed E-state index contributed by atoms with van der Waals surface area (Å²) in [5.74, 6) is 0.279. The minimum absolute atomic E-state index is 0.126. The number of ether oxygens (including phenoxy) is 2. The number of amides is 2. The van der Waals surface area contributed by atoms with Gasteiger partial charge in [-0.05, 0) is 54.9 Å². The molecule has 0 aliphatic carbocycles. The summed E-state index contributed by atoms with van der Waals surface area (Å²) in [6.07, 6.45) is 0.735. The van der Waals surface area contributed by atoms with Gasteiger partial charge in [0.1, 0.15) is 5.75 Å². The maximum Gasteiger partial charge on any atom is 0.261 e. The minimum atomic E-state index is -0.371. The molecule has 31 heavy (non-hydrogen) atoms. The molecule has 0 atom stereocenters. The maximum atomic E-state index is 12.7. The molecule has 0 heterocycles. The molecule has 0 fully saturated rings. The van der Waals surface area contributed by atoms with Crippen molar-refractivity contribution in [1.82, 2.24) is 10.6 Å². The van der Waals surface area contributed by atoms with Gasteiger partial charge in [-0.2, -0.15) is 0 Å². The van der Waals surface area contributed by atoms with E-state index in [1.807, 2.05) is 19.9 Å². The van der Waals surface area contributed by atoms with Crippen molar-refractivity contribution in [3.63, 3.8) is 0 Å². The van der Waals surface area contributed by atoms with E-state index in [0.29, 0.717) is 48.2 Å². The highest BCUT2D eigenvalue weighted by Crippen LogP contribution is 2.19. The van der Waals surface area contributed by atoms with Gasteiger partial charge in [-0.25, -0.2) is 0 Å². The van der Waals surface area contributed by atoms with Crippen molar-refractivity contribution in [1.29, 1.82) is 0 Å². The topological polar surface area (TPSA) is 88.7 Å². The van der Waals surface area contributed by atoms with Gasteiger partial charge in [0, 0.05) is 31.5 Å². The Kier molecular flexibility index (Phi) is 9.93. The second kappa shape index (κ2) is 12.7. The zero-order chi connectivity index (χ0) is 22.6. The smallest absolute Gasteiger partial charge is 0.261 e. The molecule has 0 aliphatic rings. The first-order chi connectivity index (χ1) is 14.9. The zero-order valence-electron chi connectivity index (χ0n) is 18.1. The molecule has 0 radical (unpaired) electrons. The van der Waals surface area contributed by atoms with E-state index in [1.165, 1.54) is 0 Å². The van der Waals surface area contributed by atoms with Crippen LogP contribution >= 0.6 is 12.2 Å². The Hall–Kier alpha value is -2.97. The van der Waals surface area contributed by atoms with Crippen molar-refractivity contribution in [3.05, 3.63) is 59.7 Å². The molecule has 0 aromatic heterocycles. The van der Waals surface area contributed by atoms with E-state index < -0.39 is 0 Å². The Bertz CT molecular complexity index is 902. The number of hydrogen-bond acceptors (Lipinski definition) is 5. The van der Waals surface area contributed by atoms with Crippen LogP contribution in [-0.4, -0.2) is 43.8 Å². The normalized spacial score (nSPS) is 10.5. The fourth-order valence-electron chi connectivity index (χ4n) is 2.63. The SMILES string of the molecule is COCCCNC(=O)c1cccc(NC(=S)NC(=O)c2ccccc2OCC(C)C)c1. The van der Waals surface area contributed by atoms with Gasteiger partial charge >= 0.3 is 0 Å². The van der Waals surface area contributed by atoms with Crippen LogP contribution in [0.1, 0.15) is 41.0 Å². The molecule has 0 aliphatic heterocycles. The Labute approximate surface area is 188 Å². The number of hydrogen-bond donors (Lipinski definition) is 3. The molecular weight excluding hydrogens is 414 g/mol. The Balaban J connectivity index is 1.96. The summed E-state index contributed by atoms with van der Waals surface area (Å²) < 4.78 is 10.7. The van der Waals surface area contributed by atoms with Crippen LogP contribution in [-0.2, 0) is 4.74 Å². The Morgan fingerprint density at radius 3 is 2.58 bits per heavy atom.